The van der Waals surface area contributed by atoms with Gasteiger partial charge in [0.1, 0.15) is 10.7 Å². The smallest absolute Gasteiger partial charge is 0.268 e. The molecule has 9 heteroatoms. The number of carbonyl (C=O) groups is 1. The van der Waals surface area contributed by atoms with Crippen LogP contribution in [-0.2, 0) is 0 Å². The Hall–Kier alpha value is -2.52. The van der Waals surface area contributed by atoms with Crippen molar-refractivity contribution in [1.29, 1.82) is 0 Å². The maximum absolute atomic E-state index is 14.6. The zero-order chi connectivity index (χ0) is 20.8. The number of carbonyl (C=O) groups excluding carboxylic acids is 1. The van der Waals surface area contributed by atoms with Crippen molar-refractivity contribution >= 4 is 33.6 Å². The van der Waals surface area contributed by atoms with Crippen LogP contribution in [0, 0.1) is 18.6 Å². The first kappa shape index (κ1) is 19.4. The first-order valence-corrected chi connectivity index (χ1v) is 11.0. The summed E-state index contributed by atoms with van der Waals surface area (Å²) in [7, 11) is 0. The number of imidazole rings is 1. The molecule has 3 aromatic rings. The summed E-state index contributed by atoms with van der Waals surface area (Å²) >= 11 is 1.15. The molecule has 5 heterocycles. The Morgan fingerprint density at radius 3 is 2.77 bits per heavy atom. The lowest BCUT2D eigenvalue weighted by atomic mass is 10.2. The number of aromatic nitrogens is 2. The third-order valence-electron chi connectivity index (χ3n) is 5.90. The van der Waals surface area contributed by atoms with Crippen LogP contribution in [0.4, 0.5) is 19.5 Å². The Morgan fingerprint density at radius 1 is 1.17 bits per heavy atom. The molecule has 3 aromatic heterocycles. The molecule has 5 rings (SSSR count). The van der Waals surface area contributed by atoms with E-state index in [0.29, 0.717) is 11.7 Å². The molecule has 158 valence electrons. The molecular weight excluding hydrogens is 408 g/mol. The molecule has 2 aliphatic rings. The SMILES string of the molecule is Cc1cn2cc(NC(=O)c3sc(N4CCC(N5CCCC5)C4)cc3F)cc(F)c2n1. The van der Waals surface area contributed by atoms with Gasteiger partial charge in [0.2, 0.25) is 0 Å². The summed E-state index contributed by atoms with van der Waals surface area (Å²) in [5.74, 6) is -1.66. The Kier molecular flexibility index (Phi) is 4.94. The molecule has 0 aliphatic carbocycles. The minimum absolute atomic E-state index is 0.0111. The van der Waals surface area contributed by atoms with E-state index < -0.39 is 17.5 Å². The number of halogens is 2. The standard InChI is InChI=1S/C21H23F2N5OS/c1-13-10-28-11-14(8-17(23)20(28)24-13)25-21(29)19-16(22)9-18(30-19)27-7-4-15(12-27)26-5-2-3-6-26/h8-11,15H,2-7,12H2,1H3,(H,25,29). The van der Waals surface area contributed by atoms with Gasteiger partial charge >= 0.3 is 0 Å². The fourth-order valence-electron chi connectivity index (χ4n) is 4.45. The molecule has 1 N–H and O–H groups in total. The summed E-state index contributed by atoms with van der Waals surface area (Å²) < 4.78 is 30.3. The number of aryl methyl sites for hydroxylation is 1. The summed E-state index contributed by atoms with van der Waals surface area (Å²) in [6.45, 7) is 5.78. The number of likely N-dealkylation sites (tertiary alicyclic amines) is 1. The van der Waals surface area contributed by atoms with Gasteiger partial charge in [0.25, 0.3) is 5.91 Å². The normalized spacial score (nSPS) is 19.8. The molecule has 0 saturated carbocycles. The van der Waals surface area contributed by atoms with Crippen LogP contribution >= 0.6 is 11.3 Å². The second kappa shape index (κ2) is 7.63. The number of nitrogens with one attached hydrogen (secondary N) is 1. The third kappa shape index (κ3) is 3.56. The minimum atomic E-state index is -0.574. The lowest BCUT2D eigenvalue weighted by Gasteiger charge is -2.23. The van der Waals surface area contributed by atoms with Crippen LogP contribution in [0.1, 0.15) is 34.6 Å². The first-order chi connectivity index (χ1) is 14.5. The van der Waals surface area contributed by atoms with Crippen LogP contribution in [-0.4, -0.2) is 52.4 Å². The van der Waals surface area contributed by atoms with Crippen LogP contribution in [0.2, 0.25) is 0 Å². The molecule has 30 heavy (non-hydrogen) atoms. The maximum atomic E-state index is 14.6. The van der Waals surface area contributed by atoms with Gasteiger partial charge in [-0.05, 0) is 39.3 Å². The largest absolute Gasteiger partial charge is 0.362 e. The van der Waals surface area contributed by atoms with E-state index in [2.05, 4.69) is 20.1 Å². The van der Waals surface area contributed by atoms with E-state index in [9.17, 15) is 13.6 Å². The van der Waals surface area contributed by atoms with Crippen LogP contribution in [0.3, 0.4) is 0 Å². The highest BCUT2D eigenvalue weighted by Gasteiger charge is 2.31. The van der Waals surface area contributed by atoms with Crippen molar-refractivity contribution in [2.45, 2.75) is 32.2 Å². The number of fused-ring (bicyclic) bond motifs is 1. The monoisotopic (exact) mass is 431 g/mol. The quantitative estimate of drug-likeness (QED) is 0.681. The molecule has 0 radical (unpaired) electrons. The number of hydrogen-bond donors (Lipinski definition) is 1. The van der Waals surface area contributed by atoms with Gasteiger partial charge in [-0.25, -0.2) is 13.8 Å². The van der Waals surface area contributed by atoms with Crippen LogP contribution in [0.5, 0.6) is 0 Å². The number of nitrogens with zero attached hydrogens (tertiary/aromatic N) is 4. The van der Waals surface area contributed by atoms with Gasteiger partial charge in [0, 0.05) is 43.7 Å². The van der Waals surface area contributed by atoms with Crippen LogP contribution in [0.15, 0.2) is 24.5 Å². The molecule has 1 amide bonds. The van der Waals surface area contributed by atoms with E-state index in [4.69, 9.17) is 0 Å². The number of amides is 1. The number of thiophene rings is 1. The molecule has 2 saturated heterocycles. The van der Waals surface area contributed by atoms with Crippen molar-refractivity contribution < 1.29 is 13.6 Å². The predicted molar refractivity (Wildman–Crippen MR) is 114 cm³/mol. The van der Waals surface area contributed by atoms with E-state index in [1.165, 1.54) is 29.4 Å². The van der Waals surface area contributed by atoms with Crippen LogP contribution in [0.25, 0.3) is 5.65 Å². The molecule has 0 aromatic carbocycles. The molecule has 1 unspecified atom stereocenters. The fourth-order valence-corrected chi connectivity index (χ4v) is 5.42. The van der Waals surface area contributed by atoms with Crippen LogP contribution < -0.4 is 10.2 Å². The number of hydrogen-bond acceptors (Lipinski definition) is 5. The summed E-state index contributed by atoms with van der Waals surface area (Å²) in [5.41, 5.74) is 1.12. The van der Waals surface area contributed by atoms with Gasteiger partial charge in [-0.3, -0.25) is 9.69 Å². The molecular formula is C21H23F2N5OS. The molecule has 1 atom stereocenters. The Balaban J connectivity index is 1.31. The zero-order valence-corrected chi connectivity index (χ0v) is 17.5. The van der Waals surface area contributed by atoms with Crippen molar-refractivity contribution in [1.82, 2.24) is 14.3 Å². The summed E-state index contributed by atoms with van der Waals surface area (Å²) in [5, 5.41) is 3.38. The van der Waals surface area contributed by atoms with Crippen molar-refractivity contribution in [3.8, 4) is 0 Å². The molecule has 6 nitrogen and oxygen atoms in total. The molecule has 2 fully saturated rings. The Morgan fingerprint density at radius 2 is 1.97 bits per heavy atom. The van der Waals surface area contributed by atoms with E-state index >= 15 is 0 Å². The third-order valence-corrected chi connectivity index (χ3v) is 7.07. The van der Waals surface area contributed by atoms with Gasteiger partial charge < -0.3 is 14.6 Å². The first-order valence-electron chi connectivity index (χ1n) is 10.2. The number of anilines is 2. The highest BCUT2D eigenvalue weighted by Crippen LogP contribution is 2.33. The number of rotatable bonds is 4. The van der Waals surface area contributed by atoms with E-state index in [0.717, 1.165) is 48.9 Å². The second-order valence-corrected chi connectivity index (χ2v) is 9.07. The van der Waals surface area contributed by atoms with E-state index in [-0.39, 0.29) is 16.2 Å². The van der Waals surface area contributed by atoms with Crippen molar-refractivity contribution in [2.75, 3.05) is 36.4 Å². The molecule has 0 bridgehead atoms. The highest BCUT2D eigenvalue weighted by molar-refractivity contribution is 7.18. The van der Waals surface area contributed by atoms with Crippen molar-refractivity contribution in [3.63, 3.8) is 0 Å². The Labute approximate surface area is 177 Å². The molecule has 2 aliphatic heterocycles. The average Bonchev–Trinajstić information content (AvgIpc) is 3.47. The predicted octanol–water partition coefficient (Wildman–Crippen LogP) is 3.91. The maximum Gasteiger partial charge on any atom is 0.268 e. The molecule has 0 spiro atoms. The second-order valence-electron chi connectivity index (χ2n) is 8.04. The number of pyridine rings is 1. The van der Waals surface area contributed by atoms with E-state index in [1.807, 2.05) is 0 Å². The zero-order valence-electron chi connectivity index (χ0n) is 16.7. The van der Waals surface area contributed by atoms with Gasteiger partial charge in [-0.2, -0.15) is 0 Å². The van der Waals surface area contributed by atoms with Gasteiger partial charge in [-0.1, -0.05) is 0 Å². The average molecular weight is 432 g/mol. The van der Waals surface area contributed by atoms with Crippen molar-refractivity contribution in [2.24, 2.45) is 0 Å². The summed E-state index contributed by atoms with van der Waals surface area (Å²) in [6, 6.07) is 3.14. The van der Waals surface area contributed by atoms with Gasteiger partial charge in [0.05, 0.1) is 16.4 Å². The topological polar surface area (TPSA) is 52.9 Å². The minimum Gasteiger partial charge on any atom is -0.362 e. The van der Waals surface area contributed by atoms with Gasteiger partial charge in [-0.15, -0.1) is 11.3 Å². The lowest BCUT2D eigenvalue weighted by molar-refractivity contribution is 0.102. The van der Waals surface area contributed by atoms with E-state index in [1.54, 1.807) is 19.3 Å². The summed E-state index contributed by atoms with van der Waals surface area (Å²) in [6.07, 6.45) is 6.80. The lowest BCUT2D eigenvalue weighted by Crippen LogP contribution is -2.35. The van der Waals surface area contributed by atoms with Gasteiger partial charge in [0.15, 0.2) is 11.5 Å². The highest BCUT2D eigenvalue weighted by atomic mass is 32.1. The van der Waals surface area contributed by atoms with Crippen molar-refractivity contribution in [3.05, 3.63) is 46.7 Å². The summed E-state index contributed by atoms with van der Waals surface area (Å²) in [4.78, 5) is 21.5. The Bertz CT molecular complexity index is 1100. The fraction of sp³-hybridized carbons (Fsp3) is 0.429.